The molecule has 1 fully saturated rings. The number of hydrogen-bond donors (Lipinski definition) is 2. The van der Waals surface area contributed by atoms with Crippen LogP contribution in [0.1, 0.15) is 28.8 Å². The van der Waals surface area contributed by atoms with Crippen LogP contribution in [0.2, 0.25) is 0 Å². The summed E-state index contributed by atoms with van der Waals surface area (Å²) in [5, 5.41) is 5.36. The monoisotopic (exact) mass is 365 g/mol. The molecule has 1 aliphatic rings. The van der Waals surface area contributed by atoms with Gasteiger partial charge in [0.05, 0.1) is 5.56 Å². The third kappa shape index (κ3) is 4.85. The van der Waals surface area contributed by atoms with E-state index in [1.807, 2.05) is 0 Å². The molecule has 0 radical (unpaired) electrons. The van der Waals surface area contributed by atoms with Crippen molar-refractivity contribution < 1.29 is 22.8 Å². The van der Waals surface area contributed by atoms with Gasteiger partial charge in [0.1, 0.15) is 0 Å². The fourth-order valence-electron chi connectivity index (χ4n) is 2.39. The third-order valence-corrected chi connectivity index (χ3v) is 3.55. The first-order valence-electron chi connectivity index (χ1n) is 7.28. The molecule has 1 heterocycles. The first-order chi connectivity index (χ1) is 10.8. The van der Waals surface area contributed by atoms with Gasteiger partial charge in [0.15, 0.2) is 0 Å². The van der Waals surface area contributed by atoms with Gasteiger partial charge in [0, 0.05) is 37.3 Å². The number of nitrogens with one attached hydrogen (secondary N) is 2. The molecule has 24 heavy (non-hydrogen) atoms. The van der Waals surface area contributed by atoms with E-state index in [-0.39, 0.29) is 29.6 Å². The maximum absolute atomic E-state index is 13.1. The van der Waals surface area contributed by atoms with Gasteiger partial charge in [0.2, 0.25) is 5.91 Å². The molecule has 2 N–H and O–H groups in total. The van der Waals surface area contributed by atoms with Gasteiger partial charge in [0.25, 0.3) is 5.91 Å². The number of alkyl halides is 3. The molecule has 1 aliphatic heterocycles. The number of anilines is 1. The third-order valence-electron chi connectivity index (χ3n) is 3.55. The average Bonchev–Trinajstić information content (AvgIpc) is 2.92. The lowest BCUT2D eigenvalue weighted by molar-refractivity contribution is -0.137. The molecule has 0 aromatic heterocycles. The Bertz CT molecular complexity index is 608. The van der Waals surface area contributed by atoms with Crippen LogP contribution < -0.4 is 15.5 Å². The highest BCUT2D eigenvalue weighted by Crippen LogP contribution is 2.34. The number of rotatable bonds is 5. The van der Waals surface area contributed by atoms with Crippen molar-refractivity contribution in [3.8, 4) is 0 Å². The summed E-state index contributed by atoms with van der Waals surface area (Å²) < 4.78 is 39.2. The Balaban J connectivity index is 0.00000288. The van der Waals surface area contributed by atoms with Gasteiger partial charge in [-0.15, -0.1) is 12.4 Å². The van der Waals surface area contributed by atoms with E-state index in [1.54, 1.807) is 7.05 Å². The molecule has 0 unspecified atom stereocenters. The second-order valence-corrected chi connectivity index (χ2v) is 5.27. The van der Waals surface area contributed by atoms with Crippen molar-refractivity contribution in [2.45, 2.75) is 19.0 Å². The van der Waals surface area contributed by atoms with E-state index in [4.69, 9.17) is 0 Å². The normalized spacial score (nSPS) is 14.5. The van der Waals surface area contributed by atoms with Gasteiger partial charge in [-0.3, -0.25) is 9.59 Å². The number of nitrogens with zero attached hydrogens (tertiary/aromatic N) is 1. The Morgan fingerprint density at radius 1 is 1.25 bits per heavy atom. The SMILES string of the molecule is CNCCNC(=O)c1cc(N2CCCC2=O)cc(C(F)(F)F)c1.Cl. The van der Waals surface area contributed by atoms with Crippen molar-refractivity contribution in [2.24, 2.45) is 0 Å². The number of amides is 2. The highest BCUT2D eigenvalue weighted by molar-refractivity contribution is 5.99. The maximum atomic E-state index is 13.1. The van der Waals surface area contributed by atoms with Crippen LogP contribution in [0.25, 0.3) is 0 Å². The van der Waals surface area contributed by atoms with Gasteiger partial charge in [-0.1, -0.05) is 0 Å². The highest BCUT2D eigenvalue weighted by atomic mass is 35.5. The van der Waals surface area contributed by atoms with Gasteiger partial charge >= 0.3 is 6.18 Å². The molecule has 0 spiro atoms. The second-order valence-electron chi connectivity index (χ2n) is 5.27. The van der Waals surface area contributed by atoms with Crippen molar-refractivity contribution in [3.05, 3.63) is 29.3 Å². The zero-order chi connectivity index (χ0) is 17.0. The molecule has 1 saturated heterocycles. The van der Waals surface area contributed by atoms with Crippen molar-refractivity contribution in [1.29, 1.82) is 0 Å². The van der Waals surface area contributed by atoms with Crippen LogP contribution >= 0.6 is 12.4 Å². The maximum Gasteiger partial charge on any atom is 0.416 e. The zero-order valence-corrected chi connectivity index (χ0v) is 13.9. The van der Waals surface area contributed by atoms with Gasteiger partial charge in [-0.05, 0) is 31.7 Å². The highest BCUT2D eigenvalue weighted by Gasteiger charge is 2.33. The van der Waals surface area contributed by atoms with E-state index in [0.29, 0.717) is 32.5 Å². The van der Waals surface area contributed by atoms with Crippen molar-refractivity contribution in [3.63, 3.8) is 0 Å². The lowest BCUT2D eigenvalue weighted by atomic mass is 10.1. The van der Waals surface area contributed by atoms with E-state index < -0.39 is 17.6 Å². The molecule has 0 saturated carbocycles. The summed E-state index contributed by atoms with van der Waals surface area (Å²) in [4.78, 5) is 25.1. The summed E-state index contributed by atoms with van der Waals surface area (Å²) in [6.07, 6.45) is -3.68. The number of halogens is 4. The molecule has 134 valence electrons. The van der Waals surface area contributed by atoms with Crippen molar-refractivity contribution in [1.82, 2.24) is 10.6 Å². The molecule has 2 rings (SSSR count). The first-order valence-corrected chi connectivity index (χ1v) is 7.28. The minimum Gasteiger partial charge on any atom is -0.351 e. The molecule has 5 nitrogen and oxygen atoms in total. The second kappa shape index (κ2) is 8.34. The number of hydrogen-bond acceptors (Lipinski definition) is 3. The fraction of sp³-hybridized carbons (Fsp3) is 0.467. The summed E-state index contributed by atoms with van der Waals surface area (Å²) >= 11 is 0. The predicted octanol–water partition coefficient (Wildman–Crippen LogP) is 2.20. The number of benzene rings is 1. The molecule has 1 aromatic rings. The quantitative estimate of drug-likeness (QED) is 0.786. The summed E-state index contributed by atoms with van der Waals surface area (Å²) in [6.45, 7) is 1.16. The van der Waals surface area contributed by atoms with Crippen LogP contribution in [0.4, 0.5) is 18.9 Å². The van der Waals surface area contributed by atoms with Gasteiger partial charge in [-0.2, -0.15) is 13.2 Å². The first kappa shape index (κ1) is 20.2. The van der Waals surface area contributed by atoms with E-state index in [0.717, 1.165) is 12.1 Å². The van der Waals surface area contributed by atoms with Gasteiger partial charge < -0.3 is 15.5 Å². The van der Waals surface area contributed by atoms with Crippen LogP contribution in [0.15, 0.2) is 18.2 Å². The topological polar surface area (TPSA) is 61.4 Å². The van der Waals surface area contributed by atoms with E-state index in [2.05, 4.69) is 10.6 Å². The molecular formula is C15H19ClF3N3O2. The summed E-state index contributed by atoms with van der Waals surface area (Å²) in [7, 11) is 1.70. The molecular weight excluding hydrogens is 347 g/mol. The lowest BCUT2D eigenvalue weighted by Gasteiger charge is -2.19. The minimum absolute atomic E-state index is 0. The number of carbonyl (C=O) groups is 2. The van der Waals surface area contributed by atoms with Crippen LogP contribution in [-0.4, -0.2) is 38.5 Å². The molecule has 1 aromatic carbocycles. The Labute approximate surface area is 144 Å². The Kier molecular flexibility index (Phi) is 7.04. The summed E-state index contributed by atoms with van der Waals surface area (Å²) in [5.41, 5.74) is -0.930. The van der Waals surface area contributed by atoms with Gasteiger partial charge in [-0.25, -0.2) is 0 Å². The molecule has 2 amide bonds. The largest absolute Gasteiger partial charge is 0.416 e. The standard InChI is InChI=1S/C15H18F3N3O2.ClH/c1-19-4-5-20-14(23)10-7-11(15(16,17)18)9-12(8-10)21-6-2-3-13(21)22;/h7-9,19H,2-6H2,1H3,(H,20,23);1H. The lowest BCUT2D eigenvalue weighted by Crippen LogP contribution is -2.31. The zero-order valence-electron chi connectivity index (χ0n) is 13.1. The van der Waals surface area contributed by atoms with E-state index >= 15 is 0 Å². The van der Waals surface area contributed by atoms with Crippen LogP contribution in [0.3, 0.4) is 0 Å². The Hall–Kier alpha value is -1.80. The average molecular weight is 366 g/mol. The van der Waals surface area contributed by atoms with Crippen molar-refractivity contribution >= 4 is 29.9 Å². The molecule has 0 aliphatic carbocycles. The smallest absolute Gasteiger partial charge is 0.351 e. The fourth-order valence-corrected chi connectivity index (χ4v) is 2.39. The minimum atomic E-state index is -4.58. The predicted molar refractivity (Wildman–Crippen MR) is 86.5 cm³/mol. The Morgan fingerprint density at radius 3 is 2.50 bits per heavy atom. The summed E-state index contributed by atoms with van der Waals surface area (Å²) in [6, 6.07) is 3.04. The molecule has 9 heteroatoms. The number of carbonyl (C=O) groups excluding carboxylic acids is 2. The van der Waals surface area contributed by atoms with E-state index in [9.17, 15) is 22.8 Å². The Morgan fingerprint density at radius 2 is 1.96 bits per heavy atom. The van der Waals surface area contributed by atoms with E-state index in [1.165, 1.54) is 11.0 Å². The van der Waals surface area contributed by atoms with Crippen LogP contribution in [-0.2, 0) is 11.0 Å². The molecule has 0 bridgehead atoms. The molecule has 0 atom stereocenters. The number of likely N-dealkylation sites (N-methyl/N-ethyl adjacent to an activating group) is 1. The van der Waals surface area contributed by atoms with Crippen molar-refractivity contribution in [2.75, 3.05) is 31.6 Å². The van der Waals surface area contributed by atoms with Crippen LogP contribution in [0.5, 0.6) is 0 Å². The van der Waals surface area contributed by atoms with Crippen LogP contribution in [0, 0.1) is 0 Å². The summed E-state index contributed by atoms with van der Waals surface area (Å²) in [5.74, 6) is -0.829.